The fraction of sp³-hybridized carbons (Fsp3) is 0.529. The number of halogens is 1. The molecule has 0 atom stereocenters. The summed E-state index contributed by atoms with van der Waals surface area (Å²) in [6.07, 6.45) is 0.640. The number of alkyl halides is 1. The lowest BCUT2D eigenvalue weighted by molar-refractivity contribution is -0.384. The third-order valence-corrected chi connectivity index (χ3v) is 2.51. The molecule has 0 aliphatic rings. The molecule has 0 aliphatic heterocycles. The van der Waals surface area contributed by atoms with Crippen molar-refractivity contribution in [3.8, 4) is 0 Å². The predicted molar refractivity (Wildman–Crippen MR) is 106 cm³/mol. The monoisotopic (exact) mass is 391 g/mol. The summed E-state index contributed by atoms with van der Waals surface area (Å²) in [5, 5.41) is 16.1. The first kappa shape index (κ1) is 28.6. The van der Waals surface area contributed by atoms with E-state index in [2.05, 4.69) is 10.6 Å². The number of nitro groups is 1. The zero-order valence-electron chi connectivity index (χ0n) is 16.3. The van der Waals surface area contributed by atoms with Gasteiger partial charge in [-0.2, -0.15) is 0 Å². The van der Waals surface area contributed by atoms with Crippen LogP contribution in [0.1, 0.15) is 38.1 Å². The second-order valence-corrected chi connectivity index (χ2v) is 4.12. The van der Waals surface area contributed by atoms with E-state index in [4.69, 9.17) is 21.1 Å². The van der Waals surface area contributed by atoms with E-state index in [0.717, 1.165) is 0 Å². The van der Waals surface area contributed by atoms with Gasteiger partial charge in [0.05, 0.1) is 23.0 Å². The molecule has 1 rings (SSSR count). The Morgan fingerprint density at radius 1 is 1.31 bits per heavy atom. The second kappa shape index (κ2) is 20.9. The van der Waals surface area contributed by atoms with Crippen LogP contribution in [-0.4, -0.2) is 50.3 Å². The van der Waals surface area contributed by atoms with E-state index >= 15 is 0 Å². The highest BCUT2D eigenvalue weighted by Gasteiger charge is 2.15. The zero-order valence-corrected chi connectivity index (χ0v) is 17.1. The van der Waals surface area contributed by atoms with Gasteiger partial charge in [-0.3, -0.25) is 14.9 Å². The van der Waals surface area contributed by atoms with Crippen LogP contribution < -0.4 is 10.6 Å². The van der Waals surface area contributed by atoms with Gasteiger partial charge < -0.3 is 20.2 Å². The summed E-state index contributed by atoms with van der Waals surface area (Å²) in [4.78, 5) is 31.0. The molecule has 0 unspecified atom stereocenters. The summed E-state index contributed by atoms with van der Waals surface area (Å²) in [7, 11) is 3.17. The molecular formula is C17H30ClN3O5. The molecule has 0 saturated carbocycles. The Kier molecular flexibility index (Phi) is 22.9. The van der Waals surface area contributed by atoms with E-state index < -0.39 is 4.92 Å². The lowest BCUT2D eigenvalue weighted by Crippen LogP contribution is -2.27. The van der Waals surface area contributed by atoms with Gasteiger partial charge in [0.1, 0.15) is 6.29 Å². The van der Waals surface area contributed by atoms with E-state index in [9.17, 15) is 14.9 Å². The number of amides is 1. The van der Waals surface area contributed by atoms with Crippen LogP contribution in [0.2, 0.25) is 0 Å². The molecule has 0 aliphatic carbocycles. The molecule has 0 radical (unpaired) electrons. The smallest absolute Gasteiger partial charge is 0.270 e. The Hall–Kier alpha value is -2.19. The molecule has 0 fully saturated rings. The van der Waals surface area contributed by atoms with Gasteiger partial charge >= 0.3 is 0 Å². The summed E-state index contributed by atoms with van der Waals surface area (Å²) < 4.78 is 4.81. The van der Waals surface area contributed by atoms with Gasteiger partial charge in [0, 0.05) is 38.5 Å². The number of benzene rings is 1. The van der Waals surface area contributed by atoms with Crippen LogP contribution in [0.5, 0.6) is 0 Å². The third kappa shape index (κ3) is 13.1. The highest BCUT2D eigenvalue weighted by molar-refractivity contribution is 6.24. The van der Waals surface area contributed by atoms with Crippen molar-refractivity contribution in [3.63, 3.8) is 0 Å². The van der Waals surface area contributed by atoms with E-state index in [1.807, 2.05) is 27.7 Å². The topological polar surface area (TPSA) is 111 Å². The summed E-state index contributed by atoms with van der Waals surface area (Å²) in [6, 6.07) is 4.09. The van der Waals surface area contributed by atoms with Crippen LogP contribution in [-0.2, 0) is 9.53 Å². The van der Waals surface area contributed by atoms with Crippen molar-refractivity contribution >= 4 is 35.2 Å². The number of carbonyl (C=O) groups is 2. The van der Waals surface area contributed by atoms with Gasteiger partial charge in [-0.05, 0) is 6.07 Å². The predicted octanol–water partition coefficient (Wildman–Crippen LogP) is 3.49. The first-order valence-corrected chi connectivity index (χ1v) is 8.78. The van der Waals surface area contributed by atoms with Crippen molar-refractivity contribution in [2.75, 3.05) is 38.5 Å². The van der Waals surface area contributed by atoms with E-state index in [-0.39, 0.29) is 23.0 Å². The molecule has 1 amide bonds. The molecule has 0 bridgehead atoms. The van der Waals surface area contributed by atoms with Gasteiger partial charge in [-0.25, -0.2) is 0 Å². The normalized spacial score (nSPS) is 8.27. The van der Waals surface area contributed by atoms with Crippen LogP contribution in [0.4, 0.5) is 11.4 Å². The second-order valence-electron chi connectivity index (χ2n) is 3.81. The molecule has 0 heterocycles. The van der Waals surface area contributed by atoms with Gasteiger partial charge in [0.15, 0.2) is 0 Å². The number of carbonyl (C=O) groups excluding carboxylic acids is 2. The van der Waals surface area contributed by atoms with Crippen LogP contribution in [0.15, 0.2) is 18.2 Å². The molecule has 0 saturated heterocycles. The Labute approximate surface area is 160 Å². The number of nitro benzene ring substituents is 1. The summed E-state index contributed by atoms with van der Waals surface area (Å²) in [5.74, 6) is -0.264. The highest BCUT2D eigenvalue weighted by Crippen LogP contribution is 2.21. The number of rotatable bonds is 7. The third-order valence-electron chi connectivity index (χ3n) is 2.38. The maximum Gasteiger partial charge on any atom is 0.270 e. The summed E-state index contributed by atoms with van der Waals surface area (Å²) in [5.41, 5.74) is 0.657. The van der Waals surface area contributed by atoms with E-state index in [1.165, 1.54) is 25.3 Å². The zero-order chi connectivity index (χ0) is 21.0. The molecule has 1 aromatic carbocycles. The number of nitrogens with one attached hydrogen (secondary N) is 2. The Morgan fingerprint density at radius 3 is 2.23 bits per heavy atom. The van der Waals surface area contributed by atoms with Gasteiger partial charge in [-0.15, -0.1) is 11.6 Å². The number of anilines is 1. The molecule has 26 heavy (non-hydrogen) atoms. The van der Waals surface area contributed by atoms with Crippen molar-refractivity contribution < 1.29 is 19.2 Å². The Balaban J connectivity index is -0.000000568. The first-order chi connectivity index (χ1) is 12.5. The van der Waals surface area contributed by atoms with Gasteiger partial charge in [0.2, 0.25) is 0 Å². The number of ether oxygens (including phenoxy) is 1. The van der Waals surface area contributed by atoms with E-state index in [1.54, 1.807) is 7.05 Å². The number of aldehydes is 1. The van der Waals surface area contributed by atoms with Crippen molar-refractivity contribution in [1.82, 2.24) is 5.32 Å². The Bertz CT molecular complexity index is 513. The Morgan fingerprint density at radius 2 is 1.85 bits per heavy atom. The van der Waals surface area contributed by atoms with Crippen LogP contribution in [0.3, 0.4) is 0 Å². The highest BCUT2D eigenvalue weighted by atomic mass is 35.5. The molecule has 1 aromatic rings. The number of hydrogen-bond acceptors (Lipinski definition) is 6. The van der Waals surface area contributed by atoms with Gasteiger partial charge in [0.25, 0.3) is 11.6 Å². The molecule has 0 aromatic heterocycles. The van der Waals surface area contributed by atoms with Crippen LogP contribution in [0, 0.1) is 10.1 Å². The largest absolute Gasteiger partial charge is 0.387 e. The molecule has 150 valence electrons. The van der Waals surface area contributed by atoms with Crippen LogP contribution in [0.25, 0.3) is 0 Å². The first-order valence-electron chi connectivity index (χ1n) is 8.24. The molecule has 9 heteroatoms. The standard InChI is InChI=1S/C11H15N3O4.C2H3ClO.2C2H6/c1-12-10-4-3-8(14(16)17)7-9(10)11(15)13-5-6-18-2;3-1-2-4;2*1-2/h3-4,7,12H,5-6H2,1-2H3,(H,13,15);2H,1H2;2*1-2H3. The maximum atomic E-state index is 11.8. The lowest BCUT2D eigenvalue weighted by atomic mass is 10.1. The molecular weight excluding hydrogens is 362 g/mol. The lowest BCUT2D eigenvalue weighted by Gasteiger charge is -2.09. The minimum atomic E-state index is -0.536. The minimum Gasteiger partial charge on any atom is -0.387 e. The quantitative estimate of drug-likeness (QED) is 0.242. The average Bonchev–Trinajstić information content (AvgIpc) is 2.70. The maximum absolute atomic E-state index is 11.8. The number of hydrogen-bond donors (Lipinski definition) is 2. The van der Waals surface area contributed by atoms with E-state index in [0.29, 0.717) is 25.1 Å². The minimum absolute atomic E-state index is 0.111. The molecule has 2 N–H and O–H groups in total. The average molecular weight is 392 g/mol. The molecule has 8 nitrogen and oxygen atoms in total. The number of nitrogens with zero attached hydrogens (tertiary/aromatic N) is 1. The fourth-order valence-electron chi connectivity index (χ4n) is 1.41. The summed E-state index contributed by atoms with van der Waals surface area (Å²) in [6.45, 7) is 8.73. The number of methoxy groups -OCH3 is 1. The SMILES string of the molecule is CC.CC.CNc1ccc([N+](=O)[O-])cc1C(=O)NCCOC.O=CCCl. The number of non-ortho nitro benzene ring substituents is 1. The fourth-order valence-corrected chi connectivity index (χ4v) is 1.41. The molecule has 0 spiro atoms. The van der Waals surface area contributed by atoms with Crippen molar-refractivity contribution in [2.24, 2.45) is 0 Å². The van der Waals surface area contributed by atoms with Crippen molar-refractivity contribution in [2.45, 2.75) is 27.7 Å². The van der Waals surface area contributed by atoms with Crippen molar-refractivity contribution in [1.29, 1.82) is 0 Å². The summed E-state index contributed by atoms with van der Waals surface area (Å²) >= 11 is 4.82. The van der Waals surface area contributed by atoms with Crippen LogP contribution >= 0.6 is 11.6 Å². The van der Waals surface area contributed by atoms with Gasteiger partial charge in [-0.1, -0.05) is 27.7 Å². The van der Waals surface area contributed by atoms with Crippen molar-refractivity contribution in [3.05, 3.63) is 33.9 Å².